The summed E-state index contributed by atoms with van der Waals surface area (Å²) < 4.78 is 4.86. The topological polar surface area (TPSA) is 66.8 Å². The van der Waals surface area contributed by atoms with Crippen molar-refractivity contribution in [2.45, 2.75) is 97.2 Å². The maximum absolute atomic E-state index is 11.6. The molecule has 4 rings (SSSR count). The zero-order valence-electron chi connectivity index (χ0n) is 18.9. The number of hydrogen-bond donors (Lipinski definition) is 2. The quantitative estimate of drug-likeness (QED) is 0.671. The van der Waals surface area contributed by atoms with E-state index in [1.807, 2.05) is 0 Å². The van der Waals surface area contributed by atoms with Crippen molar-refractivity contribution in [2.24, 2.45) is 46.3 Å². The number of aliphatic hydroxyl groups is 2. The molecule has 166 valence electrons. The van der Waals surface area contributed by atoms with E-state index < -0.39 is 0 Å². The fourth-order valence-electron chi connectivity index (χ4n) is 8.82. The number of ether oxygens (including phenoxy) is 1. The van der Waals surface area contributed by atoms with E-state index in [1.165, 1.54) is 32.8 Å². The summed E-state index contributed by atoms with van der Waals surface area (Å²) in [5, 5.41) is 21.5. The van der Waals surface area contributed by atoms with Gasteiger partial charge in [0.25, 0.3) is 0 Å². The molecule has 0 saturated heterocycles. The van der Waals surface area contributed by atoms with Crippen LogP contribution in [0.5, 0.6) is 0 Å². The normalized spacial score (nSPS) is 50.2. The second-order valence-electron chi connectivity index (χ2n) is 11.5. The van der Waals surface area contributed by atoms with E-state index in [1.54, 1.807) is 0 Å². The van der Waals surface area contributed by atoms with Gasteiger partial charge in [-0.05, 0) is 104 Å². The molecule has 4 aliphatic rings. The van der Waals surface area contributed by atoms with Gasteiger partial charge in [0, 0.05) is 6.42 Å². The van der Waals surface area contributed by atoms with E-state index in [-0.39, 0.29) is 23.6 Å². The Labute approximate surface area is 176 Å². The number of rotatable bonds is 4. The summed E-state index contributed by atoms with van der Waals surface area (Å²) in [6, 6.07) is 0. The molecule has 0 spiro atoms. The highest BCUT2D eigenvalue weighted by Gasteiger charge is 2.62. The van der Waals surface area contributed by atoms with Gasteiger partial charge >= 0.3 is 5.97 Å². The molecular weight excluding hydrogens is 364 g/mol. The first-order chi connectivity index (χ1) is 13.7. The molecule has 0 unspecified atom stereocenters. The third-order valence-corrected chi connectivity index (χ3v) is 10.4. The third kappa shape index (κ3) is 3.46. The molecule has 4 aliphatic carbocycles. The smallest absolute Gasteiger partial charge is 0.305 e. The highest BCUT2D eigenvalue weighted by atomic mass is 16.5. The van der Waals surface area contributed by atoms with Crippen molar-refractivity contribution in [2.75, 3.05) is 7.11 Å². The minimum Gasteiger partial charge on any atom is -0.469 e. The van der Waals surface area contributed by atoms with Crippen LogP contribution in [0.4, 0.5) is 0 Å². The van der Waals surface area contributed by atoms with Crippen molar-refractivity contribution in [3.8, 4) is 0 Å². The molecule has 0 radical (unpaired) electrons. The molecule has 0 aliphatic heterocycles. The molecule has 0 aromatic carbocycles. The lowest BCUT2D eigenvalue weighted by molar-refractivity contribution is -0.174. The SMILES string of the molecule is COC(=O)CC[C@H](C)[C@@H]1CC[C@@H]2[C@@H]3[C@H](O)C[C@@H]4C[C@H](O)CC[C@]4(C)[C@H]3CC[C@@]21C. The highest BCUT2D eigenvalue weighted by Crippen LogP contribution is 2.68. The molecule has 4 fully saturated rings. The van der Waals surface area contributed by atoms with Gasteiger partial charge in [-0.15, -0.1) is 0 Å². The zero-order valence-corrected chi connectivity index (χ0v) is 18.9. The van der Waals surface area contributed by atoms with Crippen molar-refractivity contribution in [1.29, 1.82) is 0 Å². The number of carbonyl (C=O) groups is 1. The van der Waals surface area contributed by atoms with Crippen LogP contribution in [0.15, 0.2) is 0 Å². The Kier molecular flexibility index (Phi) is 5.83. The van der Waals surface area contributed by atoms with Gasteiger partial charge in [0.1, 0.15) is 0 Å². The monoisotopic (exact) mass is 406 g/mol. The van der Waals surface area contributed by atoms with Crippen LogP contribution >= 0.6 is 0 Å². The van der Waals surface area contributed by atoms with E-state index in [2.05, 4.69) is 20.8 Å². The maximum atomic E-state index is 11.6. The van der Waals surface area contributed by atoms with Gasteiger partial charge in [-0.25, -0.2) is 0 Å². The van der Waals surface area contributed by atoms with E-state index in [9.17, 15) is 15.0 Å². The van der Waals surface area contributed by atoms with Crippen LogP contribution in [0.3, 0.4) is 0 Å². The average molecular weight is 407 g/mol. The number of fused-ring (bicyclic) bond motifs is 5. The Morgan fingerprint density at radius 1 is 1.03 bits per heavy atom. The molecule has 29 heavy (non-hydrogen) atoms. The van der Waals surface area contributed by atoms with Crippen LogP contribution in [0.1, 0.15) is 85.0 Å². The molecule has 4 saturated carbocycles. The molecular formula is C25H42O4. The lowest BCUT2D eigenvalue weighted by atomic mass is 9.43. The zero-order chi connectivity index (χ0) is 21.0. The molecule has 2 N–H and O–H groups in total. The van der Waals surface area contributed by atoms with E-state index in [4.69, 9.17) is 4.74 Å². The summed E-state index contributed by atoms with van der Waals surface area (Å²) in [6.45, 7) is 7.29. The lowest BCUT2D eigenvalue weighted by Crippen LogP contribution is -2.58. The summed E-state index contributed by atoms with van der Waals surface area (Å²) in [6.07, 6.45) is 9.80. The number of carbonyl (C=O) groups excluding carboxylic acids is 1. The van der Waals surface area contributed by atoms with Gasteiger partial charge in [-0.3, -0.25) is 4.79 Å². The van der Waals surface area contributed by atoms with Gasteiger partial charge < -0.3 is 14.9 Å². The van der Waals surface area contributed by atoms with E-state index in [0.29, 0.717) is 47.3 Å². The Morgan fingerprint density at radius 2 is 1.72 bits per heavy atom. The fraction of sp³-hybridized carbons (Fsp3) is 0.960. The first kappa shape index (κ1) is 21.6. The van der Waals surface area contributed by atoms with E-state index in [0.717, 1.165) is 32.1 Å². The van der Waals surface area contributed by atoms with Gasteiger partial charge in [0.05, 0.1) is 19.3 Å². The molecule has 0 heterocycles. The predicted octanol–water partition coefficient (Wildman–Crippen LogP) is 4.57. The molecule has 0 aromatic heterocycles. The van der Waals surface area contributed by atoms with Gasteiger partial charge in [-0.1, -0.05) is 20.8 Å². The molecule has 4 heteroatoms. The summed E-state index contributed by atoms with van der Waals surface area (Å²) in [7, 11) is 1.48. The molecule has 4 nitrogen and oxygen atoms in total. The maximum Gasteiger partial charge on any atom is 0.305 e. The van der Waals surface area contributed by atoms with Crippen molar-refractivity contribution in [3.05, 3.63) is 0 Å². The Bertz CT molecular complexity index is 620. The molecule has 0 aromatic rings. The summed E-state index contributed by atoms with van der Waals surface area (Å²) in [5.74, 6) is 3.17. The lowest BCUT2D eigenvalue weighted by Gasteiger charge is -2.62. The van der Waals surface area contributed by atoms with Gasteiger partial charge in [0.2, 0.25) is 0 Å². The highest BCUT2D eigenvalue weighted by molar-refractivity contribution is 5.69. The average Bonchev–Trinajstić information content (AvgIpc) is 3.04. The van der Waals surface area contributed by atoms with Crippen LogP contribution in [0.2, 0.25) is 0 Å². The van der Waals surface area contributed by atoms with Crippen LogP contribution in [0, 0.1) is 46.3 Å². The number of hydrogen-bond acceptors (Lipinski definition) is 4. The second-order valence-corrected chi connectivity index (χ2v) is 11.5. The van der Waals surface area contributed by atoms with Crippen molar-refractivity contribution >= 4 is 5.97 Å². The number of esters is 1. The molecule has 0 bridgehead atoms. The molecule has 0 amide bonds. The Balaban J connectivity index is 1.53. The van der Waals surface area contributed by atoms with Crippen LogP contribution in [-0.4, -0.2) is 35.5 Å². The van der Waals surface area contributed by atoms with E-state index >= 15 is 0 Å². The van der Waals surface area contributed by atoms with Gasteiger partial charge in [0.15, 0.2) is 0 Å². The summed E-state index contributed by atoms with van der Waals surface area (Å²) in [5.41, 5.74) is 0.577. The second kappa shape index (κ2) is 7.82. The summed E-state index contributed by atoms with van der Waals surface area (Å²) in [4.78, 5) is 11.6. The van der Waals surface area contributed by atoms with Crippen LogP contribution < -0.4 is 0 Å². The minimum absolute atomic E-state index is 0.0959. The van der Waals surface area contributed by atoms with Crippen molar-refractivity contribution in [3.63, 3.8) is 0 Å². The van der Waals surface area contributed by atoms with Gasteiger partial charge in [-0.2, -0.15) is 0 Å². The third-order valence-electron chi connectivity index (χ3n) is 10.4. The first-order valence-electron chi connectivity index (χ1n) is 12.1. The minimum atomic E-state index is -0.211. The number of aliphatic hydroxyl groups excluding tert-OH is 2. The fourth-order valence-corrected chi connectivity index (χ4v) is 8.82. The van der Waals surface area contributed by atoms with Crippen LogP contribution in [0.25, 0.3) is 0 Å². The van der Waals surface area contributed by atoms with Crippen LogP contribution in [-0.2, 0) is 9.53 Å². The Hall–Kier alpha value is -0.610. The Morgan fingerprint density at radius 3 is 2.45 bits per heavy atom. The first-order valence-corrected chi connectivity index (χ1v) is 12.1. The predicted molar refractivity (Wildman–Crippen MR) is 113 cm³/mol. The van der Waals surface area contributed by atoms with Crippen molar-refractivity contribution < 1.29 is 19.7 Å². The number of methoxy groups -OCH3 is 1. The largest absolute Gasteiger partial charge is 0.469 e. The van der Waals surface area contributed by atoms with Crippen molar-refractivity contribution in [1.82, 2.24) is 0 Å². The molecule has 10 atom stereocenters. The standard InChI is InChI=1S/C25H42O4/c1-15(5-8-22(28)29-4)18-6-7-19-23-20(10-12-25(18,19)3)24(2)11-9-17(26)13-16(24)14-21(23)27/h15-21,23,26-27H,5-14H2,1-4H3/t15-,16-,17+,18-,19+,20-,21+,23-,24-,25+/m0/s1. The summed E-state index contributed by atoms with van der Waals surface area (Å²) >= 11 is 0.